The van der Waals surface area contributed by atoms with Gasteiger partial charge in [-0.25, -0.2) is 4.98 Å². The first kappa shape index (κ1) is 16.3. The Morgan fingerprint density at radius 3 is 2.83 bits per heavy atom. The Morgan fingerprint density at radius 1 is 1.22 bits per heavy atom. The van der Waals surface area contributed by atoms with Crippen LogP contribution in [0.2, 0.25) is 0 Å². The average Bonchev–Trinajstić information content (AvgIpc) is 3.05. The summed E-state index contributed by atoms with van der Waals surface area (Å²) in [4.78, 5) is 18.2. The molecule has 3 rings (SSSR count). The van der Waals surface area contributed by atoms with Crippen molar-refractivity contribution in [2.24, 2.45) is 5.92 Å². The van der Waals surface area contributed by atoms with Crippen LogP contribution in [0.5, 0.6) is 0 Å². The standard InChI is InChI=1S/C17H24N4OS/c18-11-20-14-8-4-7-13(9-14)16(22)21-17-19-10-15(23-17)12-5-2-1-3-6-12/h10,12-14,20H,1-9H2,(H,19,21,22)/t13-,14+/m1/s1. The van der Waals surface area contributed by atoms with E-state index in [1.165, 1.54) is 37.0 Å². The molecule has 0 radical (unpaired) electrons. The predicted octanol–water partition coefficient (Wildman–Crippen LogP) is 3.76. The molecule has 2 saturated carbocycles. The molecule has 5 nitrogen and oxygen atoms in total. The number of hydrogen-bond donors (Lipinski definition) is 2. The Hall–Kier alpha value is -1.61. The molecule has 0 aromatic carbocycles. The zero-order chi connectivity index (χ0) is 16.1. The molecule has 2 fully saturated rings. The third-order valence-electron chi connectivity index (χ3n) is 5.07. The molecule has 0 spiro atoms. The van der Waals surface area contributed by atoms with Crippen LogP contribution in [0.15, 0.2) is 6.20 Å². The van der Waals surface area contributed by atoms with Gasteiger partial charge in [-0.05, 0) is 38.0 Å². The summed E-state index contributed by atoms with van der Waals surface area (Å²) in [5.74, 6) is 0.668. The van der Waals surface area contributed by atoms with E-state index in [4.69, 9.17) is 5.26 Å². The topological polar surface area (TPSA) is 77.8 Å². The number of hydrogen-bond acceptors (Lipinski definition) is 5. The van der Waals surface area contributed by atoms with E-state index in [9.17, 15) is 4.79 Å². The number of amides is 1. The first-order valence-electron chi connectivity index (χ1n) is 8.67. The van der Waals surface area contributed by atoms with Gasteiger partial charge in [0.1, 0.15) is 0 Å². The maximum absolute atomic E-state index is 12.4. The lowest BCUT2D eigenvalue weighted by Gasteiger charge is -2.27. The van der Waals surface area contributed by atoms with Gasteiger partial charge in [-0.15, -0.1) is 11.3 Å². The van der Waals surface area contributed by atoms with Crippen molar-refractivity contribution in [1.29, 1.82) is 5.26 Å². The van der Waals surface area contributed by atoms with E-state index in [-0.39, 0.29) is 17.9 Å². The molecule has 0 unspecified atom stereocenters. The molecular formula is C17H24N4OS. The first-order chi connectivity index (χ1) is 11.3. The molecule has 0 aliphatic heterocycles. The van der Waals surface area contributed by atoms with Crippen molar-refractivity contribution >= 4 is 22.4 Å². The Bertz CT molecular complexity index is 573. The van der Waals surface area contributed by atoms with Gasteiger partial charge in [-0.3, -0.25) is 4.79 Å². The van der Waals surface area contributed by atoms with Crippen molar-refractivity contribution < 1.29 is 4.79 Å². The number of thiazole rings is 1. The van der Waals surface area contributed by atoms with Crippen LogP contribution in [0.4, 0.5) is 5.13 Å². The van der Waals surface area contributed by atoms with Gasteiger partial charge in [0.05, 0.1) is 0 Å². The maximum Gasteiger partial charge on any atom is 0.229 e. The second-order valence-corrected chi connectivity index (χ2v) is 7.77. The number of aromatic nitrogens is 1. The van der Waals surface area contributed by atoms with E-state index in [0.717, 1.165) is 30.8 Å². The highest BCUT2D eigenvalue weighted by atomic mass is 32.1. The Kier molecular flexibility index (Phi) is 5.50. The van der Waals surface area contributed by atoms with E-state index in [1.807, 2.05) is 12.4 Å². The third-order valence-corrected chi connectivity index (χ3v) is 6.15. The largest absolute Gasteiger partial charge is 0.321 e. The zero-order valence-corrected chi connectivity index (χ0v) is 14.2. The van der Waals surface area contributed by atoms with Crippen LogP contribution in [0.25, 0.3) is 0 Å². The summed E-state index contributed by atoms with van der Waals surface area (Å²) in [5.41, 5.74) is 0. The van der Waals surface area contributed by atoms with Crippen LogP contribution in [-0.2, 0) is 4.79 Å². The smallest absolute Gasteiger partial charge is 0.229 e. The van der Waals surface area contributed by atoms with Crippen LogP contribution in [0.1, 0.15) is 68.6 Å². The summed E-state index contributed by atoms with van der Waals surface area (Å²) in [5, 5.41) is 15.2. The molecule has 1 heterocycles. The Labute approximate surface area is 141 Å². The Balaban J connectivity index is 1.55. The van der Waals surface area contributed by atoms with Gasteiger partial charge in [0, 0.05) is 23.0 Å². The molecule has 1 amide bonds. The van der Waals surface area contributed by atoms with E-state index < -0.39 is 0 Å². The maximum atomic E-state index is 12.4. The molecule has 23 heavy (non-hydrogen) atoms. The molecule has 0 saturated heterocycles. The minimum Gasteiger partial charge on any atom is -0.321 e. The summed E-state index contributed by atoms with van der Waals surface area (Å²) in [6, 6.07) is 0.138. The molecule has 1 aromatic rings. The van der Waals surface area contributed by atoms with Crippen molar-refractivity contribution in [2.45, 2.75) is 69.7 Å². The molecular weight excluding hydrogens is 308 g/mol. The average molecular weight is 332 g/mol. The fraction of sp³-hybridized carbons (Fsp3) is 0.706. The van der Waals surface area contributed by atoms with Crippen LogP contribution in [0, 0.1) is 17.4 Å². The van der Waals surface area contributed by atoms with Crippen molar-refractivity contribution in [3.8, 4) is 6.19 Å². The summed E-state index contributed by atoms with van der Waals surface area (Å²) in [7, 11) is 0. The second kappa shape index (κ2) is 7.78. The minimum atomic E-state index is -0.0170. The fourth-order valence-electron chi connectivity index (χ4n) is 3.78. The van der Waals surface area contributed by atoms with E-state index in [0.29, 0.717) is 5.92 Å². The molecule has 2 aliphatic rings. The normalized spacial score (nSPS) is 25.5. The SMILES string of the molecule is N#CN[C@H]1CCC[C@@H](C(=O)Nc2ncc(C3CCCCC3)s2)C1. The highest BCUT2D eigenvalue weighted by Crippen LogP contribution is 2.37. The van der Waals surface area contributed by atoms with Crippen molar-refractivity contribution in [1.82, 2.24) is 10.3 Å². The van der Waals surface area contributed by atoms with Gasteiger partial charge >= 0.3 is 0 Å². The molecule has 1 aromatic heterocycles. The number of nitrogens with zero attached hydrogens (tertiary/aromatic N) is 2. The van der Waals surface area contributed by atoms with Gasteiger partial charge < -0.3 is 10.6 Å². The number of nitriles is 1. The number of carbonyl (C=O) groups excluding carboxylic acids is 1. The summed E-state index contributed by atoms with van der Waals surface area (Å²) in [6.07, 6.45) is 14.0. The highest BCUT2D eigenvalue weighted by molar-refractivity contribution is 7.15. The lowest BCUT2D eigenvalue weighted by Crippen LogP contribution is -2.36. The molecule has 2 N–H and O–H groups in total. The predicted molar refractivity (Wildman–Crippen MR) is 91.1 cm³/mol. The fourth-order valence-corrected chi connectivity index (χ4v) is 4.77. The molecule has 6 heteroatoms. The number of carbonyl (C=O) groups is 1. The minimum absolute atomic E-state index is 0.0170. The first-order valence-corrected chi connectivity index (χ1v) is 9.49. The van der Waals surface area contributed by atoms with Crippen molar-refractivity contribution in [2.75, 3.05) is 5.32 Å². The van der Waals surface area contributed by atoms with Gasteiger partial charge in [-0.2, -0.15) is 5.26 Å². The third kappa shape index (κ3) is 4.23. The van der Waals surface area contributed by atoms with E-state index >= 15 is 0 Å². The van der Waals surface area contributed by atoms with Crippen molar-refractivity contribution in [3.63, 3.8) is 0 Å². The number of anilines is 1. The lowest BCUT2D eigenvalue weighted by molar-refractivity contribution is -0.121. The molecule has 124 valence electrons. The zero-order valence-electron chi connectivity index (χ0n) is 13.4. The summed E-state index contributed by atoms with van der Waals surface area (Å²) in [6.45, 7) is 0. The summed E-state index contributed by atoms with van der Waals surface area (Å²) >= 11 is 1.63. The summed E-state index contributed by atoms with van der Waals surface area (Å²) < 4.78 is 0. The lowest BCUT2D eigenvalue weighted by atomic mass is 9.85. The number of nitrogens with one attached hydrogen (secondary N) is 2. The highest BCUT2D eigenvalue weighted by Gasteiger charge is 2.28. The number of rotatable bonds is 4. The van der Waals surface area contributed by atoms with E-state index in [2.05, 4.69) is 15.6 Å². The van der Waals surface area contributed by atoms with Gasteiger partial charge in [0.15, 0.2) is 11.3 Å². The molecule has 0 bridgehead atoms. The van der Waals surface area contributed by atoms with Crippen LogP contribution >= 0.6 is 11.3 Å². The molecule has 2 aliphatic carbocycles. The van der Waals surface area contributed by atoms with Crippen LogP contribution in [-0.4, -0.2) is 16.9 Å². The van der Waals surface area contributed by atoms with Crippen LogP contribution < -0.4 is 10.6 Å². The second-order valence-electron chi connectivity index (χ2n) is 6.71. The quantitative estimate of drug-likeness (QED) is 0.650. The van der Waals surface area contributed by atoms with Gasteiger partial charge in [0.2, 0.25) is 5.91 Å². The van der Waals surface area contributed by atoms with Crippen molar-refractivity contribution in [3.05, 3.63) is 11.1 Å². The Morgan fingerprint density at radius 2 is 2.04 bits per heavy atom. The molecule has 2 atom stereocenters. The van der Waals surface area contributed by atoms with E-state index in [1.54, 1.807) is 11.3 Å². The van der Waals surface area contributed by atoms with Crippen LogP contribution in [0.3, 0.4) is 0 Å². The van der Waals surface area contributed by atoms with Gasteiger partial charge in [0.25, 0.3) is 0 Å². The van der Waals surface area contributed by atoms with Gasteiger partial charge in [-0.1, -0.05) is 25.7 Å². The monoisotopic (exact) mass is 332 g/mol.